The zero-order chi connectivity index (χ0) is 17.8. The molecule has 25 heavy (non-hydrogen) atoms. The van der Waals surface area contributed by atoms with Gasteiger partial charge in [-0.15, -0.1) is 11.3 Å². The average molecular weight is 359 g/mol. The molecular formula is C15H13N5O4S. The molecule has 0 spiro atoms. The number of aromatic nitrogens is 3. The number of hydrogen-bond donors (Lipinski definition) is 3. The average Bonchev–Trinajstić information content (AvgIpc) is 3.26. The first kappa shape index (κ1) is 16.7. The summed E-state index contributed by atoms with van der Waals surface area (Å²) in [5.41, 5.74) is 3.09. The number of nitrogens with one attached hydrogen (secondary N) is 2. The highest BCUT2D eigenvalue weighted by molar-refractivity contribution is 7.17. The van der Waals surface area contributed by atoms with Crippen LogP contribution in [0, 0.1) is 6.92 Å². The van der Waals surface area contributed by atoms with Gasteiger partial charge >= 0.3 is 5.91 Å². The van der Waals surface area contributed by atoms with Gasteiger partial charge in [-0.25, -0.2) is 10.5 Å². The SMILES string of the molecule is Cc1nc(-c2ccccn2)sc1C(=O)NCc1cc(C(=O)NO)on1. The molecule has 3 N–H and O–H groups in total. The molecule has 3 heterocycles. The van der Waals surface area contributed by atoms with E-state index < -0.39 is 5.91 Å². The van der Waals surface area contributed by atoms with Crippen molar-refractivity contribution in [1.29, 1.82) is 0 Å². The summed E-state index contributed by atoms with van der Waals surface area (Å²) in [6.45, 7) is 1.81. The fourth-order valence-electron chi connectivity index (χ4n) is 2.01. The third kappa shape index (κ3) is 3.70. The number of pyridine rings is 1. The van der Waals surface area contributed by atoms with Crippen LogP contribution in [-0.4, -0.2) is 32.1 Å². The van der Waals surface area contributed by atoms with E-state index in [1.807, 2.05) is 12.1 Å². The van der Waals surface area contributed by atoms with Gasteiger partial charge in [-0.3, -0.25) is 19.8 Å². The van der Waals surface area contributed by atoms with Crippen LogP contribution in [0.15, 0.2) is 35.0 Å². The van der Waals surface area contributed by atoms with Crippen molar-refractivity contribution in [3.05, 3.63) is 52.5 Å². The van der Waals surface area contributed by atoms with E-state index in [-0.39, 0.29) is 18.2 Å². The molecule has 3 aromatic rings. The van der Waals surface area contributed by atoms with Crippen molar-refractivity contribution in [3.63, 3.8) is 0 Å². The van der Waals surface area contributed by atoms with Crippen molar-refractivity contribution >= 4 is 23.2 Å². The van der Waals surface area contributed by atoms with Crippen molar-refractivity contribution in [1.82, 2.24) is 25.9 Å². The van der Waals surface area contributed by atoms with Gasteiger partial charge in [0.15, 0.2) is 0 Å². The van der Waals surface area contributed by atoms with Crippen LogP contribution in [0.5, 0.6) is 0 Å². The van der Waals surface area contributed by atoms with Crippen molar-refractivity contribution in [2.75, 3.05) is 0 Å². The van der Waals surface area contributed by atoms with Gasteiger partial charge in [0, 0.05) is 12.3 Å². The van der Waals surface area contributed by atoms with Gasteiger partial charge in [-0.05, 0) is 19.1 Å². The van der Waals surface area contributed by atoms with E-state index in [1.54, 1.807) is 19.2 Å². The Kier molecular flexibility index (Phi) is 4.82. The highest BCUT2D eigenvalue weighted by atomic mass is 32.1. The summed E-state index contributed by atoms with van der Waals surface area (Å²) < 4.78 is 4.75. The number of hydrogen-bond acceptors (Lipinski definition) is 8. The molecule has 0 fully saturated rings. The maximum Gasteiger partial charge on any atom is 0.313 e. The second kappa shape index (κ2) is 7.20. The number of aryl methyl sites for hydroxylation is 1. The Morgan fingerprint density at radius 3 is 2.88 bits per heavy atom. The van der Waals surface area contributed by atoms with Crippen molar-refractivity contribution in [3.8, 4) is 10.7 Å². The summed E-state index contributed by atoms with van der Waals surface area (Å²) in [4.78, 5) is 32.6. The summed E-state index contributed by atoms with van der Waals surface area (Å²) in [6.07, 6.45) is 1.66. The van der Waals surface area contributed by atoms with Crippen molar-refractivity contribution in [2.24, 2.45) is 0 Å². The summed E-state index contributed by atoms with van der Waals surface area (Å²) in [5, 5.41) is 15.5. The normalized spacial score (nSPS) is 10.5. The number of hydroxylamine groups is 1. The second-order valence-electron chi connectivity index (χ2n) is 4.95. The molecule has 0 bridgehead atoms. The smallest absolute Gasteiger partial charge is 0.313 e. The van der Waals surface area contributed by atoms with E-state index in [0.717, 1.165) is 0 Å². The second-order valence-corrected chi connectivity index (χ2v) is 5.95. The maximum atomic E-state index is 12.3. The monoisotopic (exact) mass is 359 g/mol. The number of amides is 2. The van der Waals surface area contributed by atoms with Gasteiger partial charge in [0.1, 0.15) is 15.6 Å². The molecular weight excluding hydrogens is 346 g/mol. The highest BCUT2D eigenvalue weighted by Crippen LogP contribution is 2.26. The first-order valence-electron chi connectivity index (χ1n) is 7.15. The number of rotatable bonds is 5. The zero-order valence-electron chi connectivity index (χ0n) is 13.0. The molecule has 0 radical (unpaired) electrons. The highest BCUT2D eigenvalue weighted by Gasteiger charge is 2.18. The topological polar surface area (TPSA) is 130 Å². The van der Waals surface area contributed by atoms with Gasteiger partial charge in [-0.1, -0.05) is 11.2 Å². The fourth-order valence-corrected chi connectivity index (χ4v) is 2.97. The van der Waals surface area contributed by atoms with Crippen molar-refractivity contribution in [2.45, 2.75) is 13.5 Å². The van der Waals surface area contributed by atoms with Crippen LogP contribution in [-0.2, 0) is 6.54 Å². The molecule has 0 unspecified atom stereocenters. The Morgan fingerprint density at radius 2 is 2.16 bits per heavy atom. The molecule has 3 aromatic heterocycles. The van der Waals surface area contributed by atoms with Crippen LogP contribution in [0.1, 0.15) is 31.6 Å². The summed E-state index contributed by atoms with van der Waals surface area (Å²) in [7, 11) is 0. The summed E-state index contributed by atoms with van der Waals surface area (Å²) in [6, 6.07) is 6.80. The van der Waals surface area contributed by atoms with E-state index in [4.69, 9.17) is 9.73 Å². The standard InChI is InChI=1S/C15H13N5O4S/c1-8-12(25-15(18-8)10-4-2-3-5-16-10)14(22)17-7-9-6-11(24-20-9)13(21)19-23/h2-6,23H,7H2,1H3,(H,17,22)(H,19,21). The molecule has 128 valence electrons. The van der Waals surface area contributed by atoms with Gasteiger partial charge in [0.25, 0.3) is 5.91 Å². The largest absolute Gasteiger partial charge is 0.351 e. The molecule has 10 heteroatoms. The molecule has 0 saturated carbocycles. The molecule has 0 saturated heterocycles. The molecule has 0 aliphatic heterocycles. The van der Waals surface area contributed by atoms with Gasteiger partial charge in [-0.2, -0.15) is 0 Å². The number of thiazole rings is 1. The van der Waals surface area contributed by atoms with E-state index >= 15 is 0 Å². The Hall–Kier alpha value is -3.11. The lowest BCUT2D eigenvalue weighted by Crippen LogP contribution is -2.22. The number of nitrogens with zero attached hydrogens (tertiary/aromatic N) is 3. The predicted octanol–water partition coefficient (Wildman–Crippen LogP) is 1.55. The molecule has 9 nitrogen and oxygen atoms in total. The van der Waals surface area contributed by atoms with Crippen LogP contribution < -0.4 is 10.8 Å². The minimum absolute atomic E-state index is 0.0668. The lowest BCUT2D eigenvalue weighted by Gasteiger charge is -2.00. The fraction of sp³-hybridized carbons (Fsp3) is 0.133. The molecule has 0 aliphatic carbocycles. The Bertz CT molecular complexity index is 906. The molecule has 3 rings (SSSR count). The first-order valence-corrected chi connectivity index (χ1v) is 7.97. The third-order valence-corrected chi connectivity index (χ3v) is 4.38. The van der Waals surface area contributed by atoms with Gasteiger partial charge < -0.3 is 9.84 Å². The van der Waals surface area contributed by atoms with E-state index in [9.17, 15) is 9.59 Å². The predicted molar refractivity (Wildman–Crippen MR) is 87.0 cm³/mol. The van der Waals surface area contributed by atoms with E-state index in [2.05, 4.69) is 20.4 Å². The number of carbonyl (C=O) groups is 2. The van der Waals surface area contributed by atoms with Crippen LogP contribution in [0.25, 0.3) is 10.7 Å². The van der Waals surface area contributed by atoms with Crippen LogP contribution in [0.2, 0.25) is 0 Å². The lowest BCUT2D eigenvalue weighted by atomic mass is 10.3. The zero-order valence-corrected chi connectivity index (χ0v) is 13.8. The summed E-state index contributed by atoms with van der Waals surface area (Å²) >= 11 is 1.24. The first-order chi connectivity index (χ1) is 12.1. The third-order valence-electron chi connectivity index (χ3n) is 3.20. The lowest BCUT2D eigenvalue weighted by molar-refractivity contribution is 0.0666. The van der Waals surface area contributed by atoms with Crippen molar-refractivity contribution < 1.29 is 19.3 Å². The molecule has 0 aromatic carbocycles. The maximum absolute atomic E-state index is 12.3. The quantitative estimate of drug-likeness (QED) is 0.465. The Balaban J connectivity index is 1.68. The molecule has 2 amide bonds. The minimum atomic E-state index is -0.816. The minimum Gasteiger partial charge on any atom is -0.351 e. The molecule has 0 atom stereocenters. The Labute approximate surface area is 145 Å². The number of carbonyl (C=O) groups excluding carboxylic acids is 2. The van der Waals surface area contributed by atoms with Crippen LogP contribution in [0.4, 0.5) is 0 Å². The van der Waals surface area contributed by atoms with E-state index in [0.29, 0.717) is 27.0 Å². The summed E-state index contributed by atoms with van der Waals surface area (Å²) in [5.74, 6) is -1.28. The molecule has 0 aliphatic rings. The van der Waals surface area contributed by atoms with Crippen LogP contribution >= 0.6 is 11.3 Å². The van der Waals surface area contributed by atoms with Gasteiger partial charge in [0.2, 0.25) is 5.76 Å². The van der Waals surface area contributed by atoms with E-state index in [1.165, 1.54) is 22.9 Å². The Morgan fingerprint density at radius 1 is 1.32 bits per heavy atom. The van der Waals surface area contributed by atoms with Gasteiger partial charge in [0.05, 0.1) is 17.9 Å². The van der Waals surface area contributed by atoms with Crippen LogP contribution in [0.3, 0.4) is 0 Å².